The van der Waals surface area contributed by atoms with Gasteiger partial charge in [-0.1, -0.05) is 34.1 Å². The normalized spacial score (nSPS) is 30.2. The highest BCUT2D eigenvalue weighted by Crippen LogP contribution is 2.36. The molecule has 122 valence electrons. The third-order valence-electron chi connectivity index (χ3n) is 5.88. The van der Waals surface area contributed by atoms with Crippen molar-refractivity contribution in [2.45, 2.75) is 72.3 Å². The predicted molar refractivity (Wildman–Crippen MR) is 87.9 cm³/mol. The van der Waals surface area contributed by atoms with Crippen molar-refractivity contribution in [2.24, 2.45) is 28.9 Å². The van der Waals surface area contributed by atoms with Crippen LogP contribution in [0.5, 0.6) is 0 Å². The van der Waals surface area contributed by atoms with Gasteiger partial charge in [-0.25, -0.2) is 0 Å². The SMILES string of the molecule is CC(C(=O)N1CCC(C(C)(C)C)CC1)C1CCCC(N)C1. The van der Waals surface area contributed by atoms with Crippen LogP contribution in [0.2, 0.25) is 0 Å². The molecule has 1 saturated heterocycles. The largest absolute Gasteiger partial charge is 0.342 e. The minimum Gasteiger partial charge on any atom is -0.342 e. The number of nitrogens with two attached hydrogens (primary N) is 1. The zero-order valence-corrected chi connectivity index (χ0v) is 14.4. The summed E-state index contributed by atoms with van der Waals surface area (Å²) in [5, 5.41) is 0. The maximum absolute atomic E-state index is 12.7. The Morgan fingerprint density at radius 2 is 1.76 bits per heavy atom. The third-order valence-corrected chi connectivity index (χ3v) is 5.88. The van der Waals surface area contributed by atoms with E-state index >= 15 is 0 Å². The molecule has 0 spiro atoms. The van der Waals surface area contributed by atoms with Crippen LogP contribution in [0.3, 0.4) is 0 Å². The highest BCUT2D eigenvalue weighted by atomic mass is 16.2. The molecule has 2 fully saturated rings. The summed E-state index contributed by atoms with van der Waals surface area (Å²) in [5.41, 5.74) is 6.45. The number of likely N-dealkylation sites (tertiary alicyclic amines) is 1. The summed E-state index contributed by atoms with van der Waals surface area (Å²) in [6, 6.07) is 0.311. The van der Waals surface area contributed by atoms with Gasteiger partial charge in [-0.05, 0) is 49.4 Å². The molecular formula is C18H34N2O. The lowest BCUT2D eigenvalue weighted by atomic mass is 9.74. The van der Waals surface area contributed by atoms with Crippen molar-refractivity contribution < 1.29 is 4.79 Å². The minimum atomic E-state index is 0.155. The van der Waals surface area contributed by atoms with E-state index in [1.807, 2.05) is 0 Å². The molecule has 2 rings (SSSR count). The second-order valence-corrected chi connectivity index (χ2v) is 8.44. The van der Waals surface area contributed by atoms with Crippen LogP contribution in [0.4, 0.5) is 0 Å². The van der Waals surface area contributed by atoms with Crippen LogP contribution in [0.1, 0.15) is 66.2 Å². The van der Waals surface area contributed by atoms with Crippen molar-refractivity contribution in [3.8, 4) is 0 Å². The van der Waals surface area contributed by atoms with Crippen LogP contribution < -0.4 is 5.73 Å². The van der Waals surface area contributed by atoms with Crippen molar-refractivity contribution >= 4 is 5.91 Å². The molecular weight excluding hydrogens is 260 g/mol. The van der Waals surface area contributed by atoms with Gasteiger partial charge in [0.05, 0.1) is 0 Å². The molecule has 0 aromatic carbocycles. The molecule has 1 amide bonds. The molecule has 1 saturated carbocycles. The number of hydrogen-bond donors (Lipinski definition) is 1. The van der Waals surface area contributed by atoms with E-state index in [-0.39, 0.29) is 5.92 Å². The molecule has 1 heterocycles. The number of nitrogens with zero attached hydrogens (tertiary/aromatic N) is 1. The number of carbonyl (C=O) groups is 1. The Morgan fingerprint density at radius 1 is 1.14 bits per heavy atom. The Kier molecular flexibility index (Phi) is 5.34. The van der Waals surface area contributed by atoms with Gasteiger partial charge in [0.15, 0.2) is 0 Å². The first-order valence-corrected chi connectivity index (χ1v) is 8.83. The second-order valence-electron chi connectivity index (χ2n) is 8.44. The molecule has 0 bridgehead atoms. The third kappa shape index (κ3) is 4.21. The summed E-state index contributed by atoms with van der Waals surface area (Å²) in [6.07, 6.45) is 6.85. The van der Waals surface area contributed by atoms with Crippen LogP contribution in [0.25, 0.3) is 0 Å². The summed E-state index contributed by atoms with van der Waals surface area (Å²) >= 11 is 0. The van der Waals surface area contributed by atoms with Crippen LogP contribution in [-0.4, -0.2) is 29.9 Å². The summed E-state index contributed by atoms with van der Waals surface area (Å²) in [4.78, 5) is 14.9. The van der Waals surface area contributed by atoms with Crippen LogP contribution in [0.15, 0.2) is 0 Å². The number of piperidine rings is 1. The molecule has 0 radical (unpaired) electrons. The zero-order valence-electron chi connectivity index (χ0n) is 14.4. The van der Waals surface area contributed by atoms with Gasteiger partial charge in [-0.15, -0.1) is 0 Å². The van der Waals surface area contributed by atoms with E-state index in [0.717, 1.165) is 44.7 Å². The van der Waals surface area contributed by atoms with Gasteiger partial charge in [0.25, 0.3) is 0 Å². The van der Waals surface area contributed by atoms with E-state index in [1.165, 1.54) is 12.8 Å². The van der Waals surface area contributed by atoms with Crippen molar-refractivity contribution in [2.75, 3.05) is 13.1 Å². The molecule has 3 nitrogen and oxygen atoms in total. The Balaban J connectivity index is 1.86. The van der Waals surface area contributed by atoms with Gasteiger partial charge in [-0.2, -0.15) is 0 Å². The molecule has 3 unspecified atom stereocenters. The fourth-order valence-electron chi connectivity index (χ4n) is 4.18. The molecule has 2 aliphatic rings. The minimum absolute atomic E-state index is 0.155. The maximum Gasteiger partial charge on any atom is 0.225 e. The first kappa shape index (κ1) is 16.8. The zero-order chi connectivity index (χ0) is 15.6. The summed E-state index contributed by atoms with van der Waals surface area (Å²) in [7, 11) is 0. The van der Waals surface area contributed by atoms with Gasteiger partial charge in [0.1, 0.15) is 0 Å². The van der Waals surface area contributed by atoms with Crippen LogP contribution in [-0.2, 0) is 4.79 Å². The quantitative estimate of drug-likeness (QED) is 0.848. The van der Waals surface area contributed by atoms with Crippen molar-refractivity contribution in [1.82, 2.24) is 4.90 Å². The van der Waals surface area contributed by atoms with Gasteiger partial charge < -0.3 is 10.6 Å². The number of amides is 1. The van der Waals surface area contributed by atoms with E-state index in [0.29, 0.717) is 23.3 Å². The Bertz CT molecular complexity index is 353. The standard InChI is InChI=1S/C18H34N2O/c1-13(14-6-5-7-16(19)12-14)17(21)20-10-8-15(9-11-20)18(2,3)4/h13-16H,5-12,19H2,1-4H3. The second kappa shape index (κ2) is 6.68. The Morgan fingerprint density at radius 3 is 2.29 bits per heavy atom. The number of hydrogen-bond acceptors (Lipinski definition) is 2. The molecule has 0 aromatic rings. The highest BCUT2D eigenvalue weighted by molar-refractivity contribution is 5.78. The van der Waals surface area contributed by atoms with E-state index in [4.69, 9.17) is 5.73 Å². The first-order valence-electron chi connectivity index (χ1n) is 8.83. The number of rotatable bonds is 2. The van der Waals surface area contributed by atoms with Crippen LogP contribution in [0, 0.1) is 23.2 Å². The summed E-state index contributed by atoms with van der Waals surface area (Å²) in [6.45, 7) is 11.0. The Hall–Kier alpha value is -0.570. The summed E-state index contributed by atoms with van der Waals surface area (Å²) in [5.74, 6) is 1.78. The summed E-state index contributed by atoms with van der Waals surface area (Å²) < 4.78 is 0. The van der Waals surface area contributed by atoms with Crippen molar-refractivity contribution in [3.05, 3.63) is 0 Å². The number of carbonyl (C=O) groups excluding carboxylic acids is 1. The molecule has 21 heavy (non-hydrogen) atoms. The monoisotopic (exact) mass is 294 g/mol. The molecule has 2 N–H and O–H groups in total. The lowest BCUT2D eigenvalue weighted by Crippen LogP contribution is -2.45. The molecule has 3 atom stereocenters. The lowest BCUT2D eigenvalue weighted by Gasteiger charge is -2.41. The van der Waals surface area contributed by atoms with Gasteiger partial charge >= 0.3 is 0 Å². The smallest absolute Gasteiger partial charge is 0.225 e. The molecule has 1 aliphatic carbocycles. The predicted octanol–water partition coefficient (Wildman–Crippen LogP) is 3.42. The molecule has 3 heteroatoms. The lowest BCUT2D eigenvalue weighted by molar-refractivity contribution is -0.139. The first-order chi connectivity index (χ1) is 9.79. The topological polar surface area (TPSA) is 46.3 Å². The fraction of sp³-hybridized carbons (Fsp3) is 0.944. The molecule has 0 aromatic heterocycles. The van der Waals surface area contributed by atoms with Crippen LogP contribution >= 0.6 is 0 Å². The maximum atomic E-state index is 12.7. The van der Waals surface area contributed by atoms with E-state index < -0.39 is 0 Å². The van der Waals surface area contributed by atoms with Gasteiger partial charge in [0.2, 0.25) is 5.91 Å². The van der Waals surface area contributed by atoms with E-state index in [2.05, 4.69) is 32.6 Å². The average molecular weight is 294 g/mol. The fourth-order valence-corrected chi connectivity index (χ4v) is 4.18. The van der Waals surface area contributed by atoms with Crippen molar-refractivity contribution in [3.63, 3.8) is 0 Å². The van der Waals surface area contributed by atoms with E-state index in [1.54, 1.807) is 0 Å². The van der Waals surface area contributed by atoms with Gasteiger partial charge in [-0.3, -0.25) is 4.79 Å². The highest BCUT2D eigenvalue weighted by Gasteiger charge is 2.34. The Labute approximate surface area is 130 Å². The van der Waals surface area contributed by atoms with E-state index in [9.17, 15) is 4.79 Å². The van der Waals surface area contributed by atoms with Crippen molar-refractivity contribution in [1.29, 1.82) is 0 Å². The molecule has 1 aliphatic heterocycles. The average Bonchev–Trinajstić information content (AvgIpc) is 2.45. The van der Waals surface area contributed by atoms with Gasteiger partial charge in [0, 0.05) is 25.0 Å².